The molecular formula is C28H35N3O3. The molecule has 0 radical (unpaired) electrons. The summed E-state index contributed by atoms with van der Waals surface area (Å²) < 4.78 is 11.1. The van der Waals surface area contributed by atoms with Crippen LogP contribution in [0.2, 0.25) is 0 Å². The quantitative estimate of drug-likeness (QED) is 0.450. The molecule has 2 aliphatic rings. The number of aliphatic imine (C=N–C) groups is 1. The summed E-state index contributed by atoms with van der Waals surface area (Å²) in [6, 6.07) is 15.9. The summed E-state index contributed by atoms with van der Waals surface area (Å²) in [5.41, 5.74) is 3.17. The number of hydrogen-bond donors (Lipinski definition) is 0. The highest BCUT2D eigenvalue weighted by Crippen LogP contribution is 2.39. The predicted molar refractivity (Wildman–Crippen MR) is 135 cm³/mol. The average molecular weight is 462 g/mol. The summed E-state index contributed by atoms with van der Waals surface area (Å²) in [5.74, 6) is 2.39. The maximum absolute atomic E-state index is 13.5. The predicted octanol–water partition coefficient (Wildman–Crippen LogP) is 5.70. The lowest BCUT2D eigenvalue weighted by Crippen LogP contribution is -2.41. The van der Waals surface area contributed by atoms with Gasteiger partial charge in [0.25, 0.3) is 0 Å². The number of amides is 1. The van der Waals surface area contributed by atoms with Crippen molar-refractivity contribution in [1.29, 1.82) is 0 Å². The van der Waals surface area contributed by atoms with Crippen LogP contribution in [-0.4, -0.2) is 41.9 Å². The van der Waals surface area contributed by atoms with Gasteiger partial charge < -0.3 is 14.4 Å². The number of nitrogens with zero attached hydrogens (tertiary/aromatic N) is 3. The van der Waals surface area contributed by atoms with Crippen molar-refractivity contribution in [3.63, 3.8) is 0 Å². The van der Waals surface area contributed by atoms with Crippen LogP contribution in [0.4, 0.5) is 0 Å². The lowest BCUT2D eigenvalue weighted by atomic mass is 10.0. The number of carbonyl (C=O) groups excluding carboxylic acids is 1. The molecule has 2 atom stereocenters. The fourth-order valence-electron chi connectivity index (χ4n) is 4.85. The third-order valence-electron chi connectivity index (χ3n) is 6.64. The molecule has 0 spiro atoms. The Labute approximate surface area is 202 Å². The molecule has 0 aliphatic carbocycles. The van der Waals surface area contributed by atoms with Crippen molar-refractivity contribution >= 4 is 11.9 Å². The minimum Gasteiger partial charge on any atom is -0.497 e. The highest BCUT2D eigenvalue weighted by molar-refractivity contribution is 6.03. The smallest absolute Gasteiger partial charge is 0.236 e. The molecule has 6 nitrogen and oxygen atoms in total. The first kappa shape index (κ1) is 23.9. The Morgan fingerprint density at radius 2 is 1.88 bits per heavy atom. The summed E-state index contributed by atoms with van der Waals surface area (Å²) in [5, 5.41) is 0. The van der Waals surface area contributed by atoms with E-state index < -0.39 is 0 Å². The van der Waals surface area contributed by atoms with Crippen LogP contribution < -0.4 is 9.47 Å². The number of hydrogen-bond acceptors (Lipinski definition) is 5. The highest BCUT2D eigenvalue weighted by Gasteiger charge is 2.45. The molecule has 2 aromatic carbocycles. The first-order valence-electron chi connectivity index (χ1n) is 12.2. The molecule has 6 heteroatoms. The van der Waals surface area contributed by atoms with Gasteiger partial charge in [0, 0.05) is 17.3 Å². The number of ether oxygens (including phenoxy) is 2. The minimum absolute atomic E-state index is 0.0842. The van der Waals surface area contributed by atoms with E-state index in [9.17, 15) is 4.79 Å². The third-order valence-corrected chi connectivity index (χ3v) is 6.64. The maximum Gasteiger partial charge on any atom is 0.236 e. The second kappa shape index (κ2) is 10.8. The van der Waals surface area contributed by atoms with Crippen molar-refractivity contribution in [2.45, 2.75) is 64.6 Å². The highest BCUT2D eigenvalue weighted by atomic mass is 16.5. The number of benzene rings is 2. The van der Waals surface area contributed by atoms with Gasteiger partial charge in [-0.05, 0) is 30.5 Å². The fraction of sp³-hybridized carbons (Fsp3) is 0.429. The van der Waals surface area contributed by atoms with Gasteiger partial charge in [-0.1, -0.05) is 63.1 Å². The molecule has 0 unspecified atom stereocenters. The van der Waals surface area contributed by atoms with Crippen molar-refractivity contribution in [2.24, 2.45) is 4.99 Å². The summed E-state index contributed by atoms with van der Waals surface area (Å²) in [4.78, 5) is 22.8. The molecule has 4 rings (SSSR count). The van der Waals surface area contributed by atoms with E-state index >= 15 is 0 Å². The van der Waals surface area contributed by atoms with Crippen LogP contribution in [0.1, 0.15) is 63.1 Å². The van der Waals surface area contributed by atoms with Crippen LogP contribution >= 0.6 is 0 Å². The SMILES string of the molecule is CCCC/C=C1/[C@@H](CC)N(Cc2ccc(OC)cc2OC)C2=N[C@@H](c3ccccc3)CC(=O)N21. The van der Waals surface area contributed by atoms with Crippen LogP contribution in [0.5, 0.6) is 11.5 Å². The molecule has 0 N–H and O–H groups in total. The van der Waals surface area contributed by atoms with E-state index in [1.807, 2.05) is 41.3 Å². The van der Waals surface area contributed by atoms with Crippen molar-refractivity contribution < 1.29 is 14.3 Å². The number of unbranched alkanes of at least 4 members (excludes halogenated alkanes) is 2. The zero-order valence-electron chi connectivity index (χ0n) is 20.7. The van der Waals surface area contributed by atoms with Gasteiger partial charge in [-0.15, -0.1) is 0 Å². The van der Waals surface area contributed by atoms with E-state index in [2.05, 4.69) is 37.0 Å². The number of guanidine groups is 1. The van der Waals surface area contributed by atoms with Gasteiger partial charge in [-0.25, -0.2) is 4.99 Å². The van der Waals surface area contributed by atoms with Crippen LogP contribution in [-0.2, 0) is 11.3 Å². The van der Waals surface area contributed by atoms with Crippen LogP contribution in [0.25, 0.3) is 0 Å². The summed E-state index contributed by atoms with van der Waals surface area (Å²) >= 11 is 0. The molecule has 1 fully saturated rings. The second-order valence-electron chi connectivity index (χ2n) is 8.79. The van der Waals surface area contributed by atoms with Crippen LogP contribution in [0, 0.1) is 0 Å². The molecule has 0 saturated carbocycles. The largest absolute Gasteiger partial charge is 0.497 e. The summed E-state index contributed by atoms with van der Waals surface area (Å²) in [6.07, 6.45) is 6.70. The van der Waals surface area contributed by atoms with Crippen LogP contribution in [0.3, 0.4) is 0 Å². The molecule has 0 bridgehead atoms. The number of fused-ring (bicyclic) bond motifs is 1. The van der Waals surface area contributed by atoms with Crippen molar-refractivity contribution in [3.05, 3.63) is 71.4 Å². The van der Waals surface area contributed by atoms with Gasteiger partial charge in [0.15, 0.2) is 0 Å². The second-order valence-corrected chi connectivity index (χ2v) is 8.79. The number of allylic oxidation sites excluding steroid dienone is 1. The molecule has 2 aliphatic heterocycles. The van der Waals surface area contributed by atoms with E-state index in [0.29, 0.717) is 13.0 Å². The van der Waals surface area contributed by atoms with Crippen LogP contribution in [0.15, 0.2) is 65.3 Å². The zero-order valence-corrected chi connectivity index (χ0v) is 20.7. The molecule has 0 aromatic heterocycles. The Morgan fingerprint density at radius 3 is 2.56 bits per heavy atom. The number of rotatable bonds is 9. The fourth-order valence-corrected chi connectivity index (χ4v) is 4.85. The van der Waals surface area contributed by atoms with Crippen molar-refractivity contribution in [1.82, 2.24) is 9.80 Å². The van der Waals surface area contributed by atoms with Gasteiger partial charge in [0.1, 0.15) is 11.5 Å². The Morgan fingerprint density at radius 1 is 1.09 bits per heavy atom. The normalized spacial score (nSPS) is 21.0. The number of methoxy groups -OCH3 is 2. The molecule has 180 valence electrons. The molecular weight excluding hydrogens is 426 g/mol. The first-order valence-corrected chi connectivity index (χ1v) is 12.2. The Kier molecular flexibility index (Phi) is 7.56. The minimum atomic E-state index is -0.173. The van der Waals surface area contributed by atoms with E-state index in [0.717, 1.165) is 60.0 Å². The van der Waals surface area contributed by atoms with E-state index in [1.54, 1.807) is 14.2 Å². The third kappa shape index (κ3) is 4.67. The maximum atomic E-state index is 13.5. The molecule has 2 aromatic rings. The molecule has 2 heterocycles. The number of carbonyl (C=O) groups is 1. The van der Waals surface area contributed by atoms with Crippen molar-refractivity contribution in [3.8, 4) is 11.5 Å². The van der Waals surface area contributed by atoms with E-state index in [1.165, 1.54) is 0 Å². The van der Waals surface area contributed by atoms with Crippen molar-refractivity contribution in [2.75, 3.05) is 14.2 Å². The lowest BCUT2D eigenvalue weighted by Gasteiger charge is -2.30. The van der Waals surface area contributed by atoms with Gasteiger partial charge >= 0.3 is 0 Å². The van der Waals surface area contributed by atoms with Gasteiger partial charge in [-0.3, -0.25) is 9.69 Å². The average Bonchev–Trinajstić information content (AvgIpc) is 3.17. The lowest BCUT2D eigenvalue weighted by molar-refractivity contribution is -0.126. The van der Waals surface area contributed by atoms with Gasteiger partial charge in [0.05, 0.1) is 39.3 Å². The Balaban J connectivity index is 1.77. The Hall–Kier alpha value is -3.28. The van der Waals surface area contributed by atoms with E-state index in [-0.39, 0.29) is 18.0 Å². The topological polar surface area (TPSA) is 54.4 Å². The first-order chi connectivity index (χ1) is 16.6. The standard InChI is InChI=1S/C28H35N3O3/c1-5-7-9-14-25-24(6-2)30(19-21-15-16-22(33-3)17-26(21)34-4)28-29-23(18-27(32)31(25)28)20-12-10-8-11-13-20/h8,10-17,23-24H,5-7,9,18-19H2,1-4H3/b25-14-/t23-,24-/m1/s1. The molecule has 1 amide bonds. The van der Waals surface area contributed by atoms with Gasteiger partial charge in [0.2, 0.25) is 11.9 Å². The zero-order chi connectivity index (χ0) is 24.1. The summed E-state index contributed by atoms with van der Waals surface area (Å²) in [6.45, 7) is 4.96. The molecule has 34 heavy (non-hydrogen) atoms. The van der Waals surface area contributed by atoms with Gasteiger partial charge in [-0.2, -0.15) is 0 Å². The molecule has 1 saturated heterocycles. The van der Waals surface area contributed by atoms with E-state index in [4.69, 9.17) is 14.5 Å². The Bertz CT molecular complexity index is 1060. The monoisotopic (exact) mass is 461 g/mol. The summed E-state index contributed by atoms with van der Waals surface area (Å²) in [7, 11) is 3.33.